The lowest BCUT2D eigenvalue weighted by atomic mass is 9.97. The van der Waals surface area contributed by atoms with E-state index >= 15 is 0 Å². The Morgan fingerprint density at radius 2 is 2.20 bits per heavy atom. The number of Topliss-reactive ketones (excluding diaryl/α,β-unsaturated/α-hetero) is 1. The van der Waals surface area contributed by atoms with Gasteiger partial charge in [-0.15, -0.1) is 0 Å². The molecule has 3 heteroatoms. The molecule has 0 amide bonds. The number of piperidine rings is 1. The summed E-state index contributed by atoms with van der Waals surface area (Å²) >= 11 is 0. The number of carbonyl (C=O) groups excluding carboxylic acids is 1. The van der Waals surface area contributed by atoms with Gasteiger partial charge in [-0.05, 0) is 37.9 Å². The molecule has 0 saturated carbocycles. The molecule has 2 aromatic rings. The summed E-state index contributed by atoms with van der Waals surface area (Å²) in [7, 11) is 0. The molecule has 0 aliphatic carbocycles. The third-order valence-corrected chi connectivity index (χ3v) is 4.04. The Balaban J connectivity index is 1.65. The van der Waals surface area contributed by atoms with Crippen LogP contribution in [0, 0.1) is 0 Å². The fourth-order valence-electron chi connectivity index (χ4n) is 2.84. The van der Waals surface area contributed by atoms with Crippen molar-refractivity contribution in [3.8, 4) is 0 Å². The molecular weight excluding hydrogens is 248 g/mol. The van der Waals surface area contributed by atoms with Crippen molar-refractivity contribution < 1.29 is 4.79 Å². The number of hydrogen-bond acceptors (Lipinski definition) is 3. The van der Waals surface area contributed by atoms with Crippen molar-refractivity contribution in [1.82, 2.24) is 10.3 Å². The molecule has 1 aliphatic heterocycles. The fraction of sp³-hybridized carbons (Fsp3) is 0.412. The Morgan fingerprint density at radius 3 is 3.05 bits per heavy atom. The van der Waals surface area contributed by atoms with Crippen LogP contribution in [0.25, 0.3) is 10.9 Å². The molecule has 3 rings (SSSR count). The molecule has 1 unspecified atom stereocenters. The van der Waals surface area contributed by atoms with E-state index in [0.29, 0.717) is 12.5 Å². The molecule has 1 aromatic carbocycles. The van der Waals surface area contributed by atoms with E-state index in [1.54, 1.807) is 6.20 Å². The van der Waals surface area contributed by atoms with Crippen LogP contribution in [0.4, 0.5) is 0 Å². The number of benzene rings is 1. The van der Waals surface area contributed by atoms with Gasteiger partial charge in [0.1, 0.15) is 0 Å². The predicted octanol–water partition coefficient (Wildman–Crippen LogP) is 3.34. The maximum Gasteiger partial charge on any atom is 0.164 e. The summed E-state index contributed by atoms with van der Waals surface area (Å²) in [5, 5.41) is 4.52. The van der Waals surface area contributed by atoms with Crippen molar-refractivity contribution in [2.75, 3.05) is 6.54 Å². The van der Waals surface area contributed by atoms with Crippen molar-refractivity contribution in [2.24, 2.45) is 0 Å². The fourth-order valence-corrected chi connectivity index (χ4v) is 2.84. The minimum atomic E-state index is 0.204. The number of ketones is 1. The van der Waals surface area contributed by atoms with Gasteiger partial charge in [0, 0.05) is 29.6 Å². The number of aromatic nitrogens is 1. The Labute approximate surface area is 119 Å². The Hall–Kier alpha value is -1.74. The number of rotatable bonds is 4. The van der Waals surface area contributed by atoms with Gasteiger partial charge >= 0.3 is 0 Å². The zero-order valence-electron chi connectivity index (χ0n) is 11.6. The SMILES string of the molecule is O=C(CCC1CCCCN1)c1cnc2ccccc2c1. The molecule has 1 N–H and O–H groups in total. The molecule has 1 atom stereocenters. The summed E-state index contributed by atoms with van der Waals surface area (Å²) in [6, 6.07) is 10.4. The summed E-state index contributed by atoms with van der Waals surface area (Å²) in [5.74, 6) is 0.204. The van der Waals surface area contributed by atoms with Gasteiger partial charge in [0.05, 0.1) is 5.52 Å². The zero-order chi connectivity index (χ0) is 13.8. The number of nitrogens with one attached hydrogen (secondary N) is 1. The van der Waals surface area contributed by atoms with Crippen LogP contribution in [0.3, 0.4) is 0 Å². The minimum Gasteiger partial charge on any atom is -0.314 e. The third-order valence-electron chi connectivity index (χ3n) is 4.04. The zero-order valence-corrected chi connectivity index (χ0v) is 11.6. The first-order valence-corrected chi connectivity index (χ1v) is 7.44. The van der Waals surface area contributed by atoms with Crippen LogP contribution in [-0.2, 0) is 0 Å². The van der Waals surface area contributed by atoms with Gasteiger partial charge in [0.25, 0.3) is 0 Å². The van der Waals surface area contributed by atoms with Crippen molar-refractivity contribution >= 4 is 16.7 Å². The Kier molecular flexibility index (Phi) is 4.07. The number of hydrogen-bond donors (Lipinski definition) is 1. The number of para-hydroxylation sites is 1. The molecule has 1 aliphatic rings. The second-order valence-electron chi connectivity index (χ2n) is 5.53. The quantitative estimate of drug-likeness (QED) is 0.865. The minimum absolute atomic E-state index is 0.204. The standard InChI is InChI=1S/C17H20N2O/c20-17(9-8-15-6-3-4-10-18-15)14-11-13-5-1-2-7-16(13)19-12-14/h1-2,5,7,11-12,15,18H,3-4,6,8-10H2. The van der Waals surface area contributed by atoms with E-state index < -0.39 is 0 Å². The van der Waals surface area contributed by atoms with Crippen LogP contribution in [0.2, 0.25) is 0 Å². The number of nitrogens with zero attached hydrogens (tertiary/aromatic N) is 1. The molecule has 0 bridgehead atoms. The van der Waals surface area contributed by atoms with Gasteiger partial charge in [-0.3, -0.25) is 9.78 Å². The van der Waals surface area contributed by atoms with Gasteiger partial charge in [0.15, 0.2) is 5.78 Å². The monoisotopic (exact) mass is 268 g/mol. The highest BCUT2D eigenvalue weighted by molar-refractivity contribution is 5.98. The summed E-state index contributed by atoms with van der Waals surface area (Å²) in [6.07, 6.45) is 6.99. The van der Waals surface area contributed by atoms with Crippen molar-refractivity contribution in [3.05, 3.63) is 42.1 Å². The Bertz CT molecular complexity index is 603. The van der Waals surface area contributed by atoms with Crippen molar-refractivity contribution in [2.45, 2.75) is 38.1 Å². The van der Waals surface area contributed by atoms with Crippen LogP contribution in [0.5, 0.6) is 0 Å². The first-order chi connectivity index (χ1) is 9.83. The smallest absolute Gasteiger partial charge is 0.164 e. The maximum absolute atomic E-state index is 12.3. The first kappa shape index (κ1) is 13.3. The lowest BCUT2D eigenvalue weighted by molar-refractivity contribution is 0.0974. The molecule has 1 fully saturated rings. The molecule has 104 valence electrons. The molecule has 1 saturated heterocycles. The number of carbonyl (C=O) groups is 1. The van der Waals surface area contributed by atoms with Crippen LogP contribution < -0.4 is 5.32 Å². The highest BCUT2D eigenvalue weighted by atomic mass is 16.1. The predicted molar refractivity (Wildman–Crippen MR) is 80.9 cm³/mol. The average molecular weight is 268 g/mol. The van der Waals surface area contributed by atoms with Crippen LogP contribution >= 0.6 is 0 Å². The van der Waals surface area contributed by atoms with Gasteiger partial charge in [0.2, 0.25) is 0 Å². The largest absolute Gasteiger partial charge is 0.314 e. The lowest BCUT2D eigenvalue weighted by Crippen LogP contribution is -2.34. The molecule has 0 spiro atoms. The van der Waals surface area contributed by atoms with Gasteiger partial charge in [-0.25, -0.2) is 0 Å². The van der Waals surface area contributed by atoms with Crippen LogP contribution in [0.15, 0.2) is 36.5 Å². The molecule has 3 nitrogen and oxygen atoms in total. The van der Waals surface area contributed by atoms with E-state index in [0.717, 1.165) is 29.4 Å². The van der Waals surface area contributed by atoms with Gasteiger partial charge in [-0.2, -0.15) is 0 Å². The third kappa shape index (κ3) is 3.05. The summed E-state index contributed by atoms with van der Waals surface area (Å²) in [6.45, 7) is 1.09. The van der Waals surface area contributed by atoms with E-state index in [2.05, 4.69) is 10.3 Å². The average Bonchev–Trinajstić information content (AvgIpc) is 2.53. The topological polar surface area (TPSA) is 42.0 Å². The summed E-state index contributed by atoms with van der Waals surface area (Å²) in [4.78, 5) is 16.6. The van der Waals surface area contributed by atoms with Gasteiger partial charge in [-0.1, -0.05) is 24.6 Å². The first-order valence-electron chi connectivity index (χ1n) is 7.44. The van der Waals surface area contributed by atoms with Crippen molar-refractivity contribution in [1.29, 1.82) is 0 Å². The highest BCUT2D eigenvalue weighted by Gasteiger charge is 2.15. The summed E-state index contributed by atoms with van der Waals surface area (Å²) in [5.41, 5.74) is 1.68. The molecule has 20 heavy (non-hydrogen) atoms. The van der Waals surface area contributed by atoms with E-state index in [1.165, 1.54) is 19.3 Å². The Morgan fingerprint density at radius 1 is 1.30 bits per heavy atom. The lowest BCUT2D eigenvalue weighted by Gasteiger charge is -2.22. The normalized spacial score (nSPS) is 19.1. The van der Waals surface area contributed by atoms with E-state index in [-0.39, 0.29) is 5.78 Å². The highest BCUT2D eigenvalue weighted by Crippen LogP contribution is 2.17. The van der Waals surface area contributed by atoms with Crippen LogP contribution in [-0.4, -0.2) is 23.4 Å². The maximum atomic E-state index is 12.3. The molecular formula is C17H20N2O. The van der Waals surface area contributed by atoms with Crippen LogP contribution in [0.1, 0.15) is 42.5 Å². The number of pyridine rings is 1. The molecule has 2 heterocycles. The molecule has 0 radical (unpaired) electrons. The van der Waals surface area contributed by atoms with E-state index in [4.69, 9.17) is 0 Å². The van der Waals surface area contributed by atoms with Crippen molar-refractivity contribution in [3.63, 3.8) is 0 Å². The van der Waals surface area contributed by atoms with E-state index in [1.807, 2.05) is 30.3 Å². The van der Waals surface area contributed by atoms with Gasteiger partial charge < -0.3 is 5.32 Å². The summed E-state index contributed by atoms with van der Waals surface area (Å²) < 4.78 is 0. The molecule has 1 aromatic heterocycles. The second kappa shape index (κ2) is 6.14. The van der Waals surface area contributed by atoms with E-state index in [9.17, 15) is 4.79 Å². The number of fused-ring (bicyclic) bond motifs is 1. The second-order valence-corrected chi connectivity index (χ2v) is 5.53.